The number of thiol groups is 1. The lowest BCUT2D eigenvalue weighted by atomic mass is 10.2. The molecule has 2 nitrogen and oxygen atoms in total. The minimum Gasteiger partial charge on any atom is -0.333 e. The van der Waals surface area contributed by atoms with Crippen molar-refractivity contribution < 1.29 is 4.79 Å². The summed E-state index contributed by atoms with van der Waals surface area (Å²) in [5, 5.41) is 2.43. The fourth-order valence-corrected chi connectivity index (χ4v) is 4.00. The lowest BCUT2D eigenvalue weighted by Crippen LogP contribution is -2.47. The minimum atomic E-state index is 0.157. The fourth-order valence-electron chi connectivity index (χ4n) is 1.80. The number of carbonyl (C=O) groups excluding carboxylic acids is 1. The van der Waals surface area contributed by atoms with Crippen LogP contribution in [0.5, 0.6) is 0 Å². The first kappa shape index (κ1) is 12.3. The highest BCUT2D eigenvalue weighted by Gasteiger charge is 2.29. The monoisotopic (exact) mass is 273 g/mol. The molecule has 1 fully saturated rings. The zero-order chi connectivity index (χ0) is 11.7. The third-order valence-corrected chi connectivity index (χ3v) is 5.63. The molecule has 0 aliphatic carbocycles. The summed E-state index contributed by atoms with van der Waals surface area (Å²) in [6, 6.07) is 2.17. The van der Waals surface area contributed by atoms with Gasteiger partial charge in [-0.3, -0.25) is 4.79 Å². The van der Waals surface area contributed by atoms with Crippen molar-refractivity contribution in [2.45, 2.75) is 30.0 Å². The second-order valence-corrected chi connectivity index (χ2v) is 6.90. The summed E-state index contributed by atoms with van der Waals surface area (Å²) >= 11 is 7.66. The maximum absolute atomic E-state index is 12.3. The van der Waals surface area contributed by atoms with Crippen molar-refractivity contribution in [1.29, 1.82) is 0 Å². The van der Waals surface area contributed by atoms with E-state index in [0.29, 0.717) is 11.3 Å². The summed E-state index contributed by atoms with van der Waals surface area (Å²) < 4.78 is 0. The predicted molar refractivity (Wildman–Crippen MR) is 74.0 cm³/mol. The van der Waals surface area contributed by atoms with Gasteiger partial charge in [0, 0.05) is 33.9 Å². The highest BCUT2D eigenvalue weighted by molar-refractivity contribution is 8.00. The summed E-state index contributed by atoms with van der Waals surface area (Å²) in [6.07, 6.45) is 0. The number of thiophene rings is 1. The third-order valence-electron chi connectivity index (χ3n) is 2.94. The Bertz CT molecular complexity index is 390. The molecule has 0 spiro atoms. The van der Waals surface area contributed by atoms with Crippen molar-refractivity contribution >= 4 is 41.6 Å². The van der Waals surface area contributed by atoms with Crippen molar-refractivity contribution in [2.24, 2.45) is 0 Å². The van der Waals surface area contributed by atoms with Crippen LogP contribution in [-0.2, 0) is 0 Å². The zero-order valence-electron chi connectivity index (χ0n) is 9.34. The average Bonchev–Trinajstić information content (AvgIpc) is 2.68. The Morgan fingerprint density at radius 1 is 1.56 bits per heavy atom. The fraction of sp³-hybridized carbons (Fsp3) is 0.545. The van der Waals surface area contributed by atoms with Crippen LogP contribution in [0.3, 0.4) is 0 Å². The van der Waals surface area contributed by atoms with Crippen LogP contribution in [0.1, 0.15) is 23.5 Å². The lowest BCUT2D eigenvalue weighted by molar-refractivity contribution is 0.0703. The largest absolute Gasteiger partial charge is 0.333 e. The first-order chi connectivity index (χ1) is 7.59. The molecule has 2 rings (SSSR count). The first-order valence-electron chi connectivity index (χ1n) is 5.29. The molecule has 88 valence electrons. The predicted octanol–water partition coefficient (Wildman–Crippen LogP) is 3.00. The molecule has 0 radical (unpaired) electrons. The molecule has 5 heteroatoms. The Morgan fingerprint density at radius 2 is 2.31 bits per heavy atom. The van der Waals surface area contributed by atoms with Crippen LogP contribution in [0.2, 0.25) is 0 Å². The van der Waals surface area contributed by atoms with Gasteiger partial charge in [-0.25, -0.2) is 0 Å². The zero-order valence-corrected chi connectivity index (χ0v) is 11.9. The van der Waals surface area contributed by atoms with Gasteiger partial charge >= 0.3 is 0 Å². The van der Waals surface area contributed by atoms with Gasteiger partial charge in [-0.05, 0) is 13.0 Å². The van der Waals surface area contributed by atoms with Gasteiger partial charge in [0.1, 0.15) is 0 Å². The Labute approximate surface area is 110 Å². The van der Waals surface area contributed by atoms with Crippen molar-refractivity contribution in [3.8, 4) is 0 Å². The van der Waals surface area contributed by atoms with E-state index in [0.717, 1.165) is 22.1 Å². The number of carbonyl (C=O) groups is 1. The van der Waals surface area contributed by atoms with Gasteiger partial charge < -0.3 is 4.90 Å². The first-order valence-corrected chi connectivity index (χ1v) is 7.67. The molecule has 0 N–H and O–H groups in total. The molecule has 1 aromatic heterocycles. The second-order valence-electron chi connectivity index (χ2n) is 3.98. The Kier molecular flexibility index (Phi) is 3.87. The summed E-state index contributed by atoms with van der Waals surface area (Å²) in [5.41, 5.74) is 0. The Hall–Kier alpha value is -0.130. The van der Waals surface area contributed by atoms with Gasteiger partial charge in [0.2, 0.25) is 0 Å². The quantitative estimate of drug-likeness (QED) is 0.794. The van der Waals surface area contributed by atoms with Gasteiger partial charge in [0.15, 0.2) is 0 Å². The standard InChI is InChI=1S/C11H15NOS3/c1-7-8(2)15-4-3-12(7)11(13)10-5-9(14)6-16-10/h5-8,14H,3-4H2,1-2H3. The van der Waals surface area contributed by atoms with E-state index in [9.17, 15) is 4.79 Å². The summed E-state index contributed by atoms with van der Waals surface area (Å²) in [7, 11) is 0. The molecule has 1 saturated heterocycles. The third kappa shape index (κ3) is 2.41. The van der Waals surface area contributed by atoms with Crippen LogP contribution in [0.25, 0.3) is 0 Å². The molecule has 16 heavy (non-hydrogen) atoms. The molecule has 2 atom stereocenters. The lowest BCUT2D eigenvalue weighted by Gasteiger charge is -2.37. The summed E-state index contributed by atoms with van der Waals surface area (Å²) in [6.45, 7) is 5.17. The van der Waals surface area contributed by atoms with E-state index < -0.39 is 0 Å². The number of hydrogen-bond donors (Lipinski definition) is 1. The number of amides is 1. The van der Waals surface area contributed by atoms with Crippen molar-refractivity contribution in [2.75, 3.05) is 12.3 Å². The van der Waals surface area contributed by atoms with Gasteiger partial charge in [-0.2, -0.15) is 11.8 Å². The average molecular weight is 273 g/mol. The van der Waals surface area contributed by atoms with Gasteiger partial charge in [-0.15, -0.1) is 24.0 Å². The molecule has 1 aliphatic heterocycles. The van der Waals surface area contributed by atoms with E-state index in [1.807, 2.05) is 28.1 Å². The van der Waals surface area contributed by atoms with Crippen LogP contribution in [-0.4, -0.2) is 34.4 Å². The van der Waals surface area contributed by atoms with Crippen molar-refractivity contribution in [1.82, 2.24) is 4.90 Å². The molecular formula is C11H15NOS3. The highest BCUT2D eigenvalue weighted by Crippen LogP contribution is 2.27. The molecule has 2 unspecified atom stereocenters. The number of rotatable bonds is 1. The molecule has 1 aliphatic rings. The number of thioether (sulfide) groups is 1. The molecule has 1 aromatic rings. The molecular weight excluding hydrogens is 258 g/mol. The molecule has 0 saturated carbocycles. The smallest absolute Gasteiger partial charge is 0.264 e. The topological polar surface area (TPSA) is 20.3 Å². The maximum atomic E-state index is 12.3. The van der Waals surface area contributed by atoms with Crippen LogP contribution in [0.15, 0.2) is 16.3 Å². The van der Waals surface area contributed by atoms with E-state index >= 15 is 0 Å². The van der Waals surface area contributed by atoms with E-state index in [1.54, 1.807) is 0 Å². The van der Waals surface area contributed by atoms with Crippen molar-refractivity contribution in [3.63, 3.8) is 0 Å². The maximum Gasteiger partial charge on any atom is 0.264 e. The van der Waals surface area contributed by atoms with Crippen molar-refractivity contribution in [3.05, 3.63) is 16.3 Å². The van der Waals surface area contributed by atoms with Gasteiger partial charge in [0.05, 0.1) is 4.88 Å². The SMILES string of the molecule is CC1SCCN(C(=O)c2cc(S)cs2)C1C. The van der Waals surface area contributed by atoms with Gasteiger partial charge in [0.25, 0.3) is 5.91 Å². The number of hydrogen-bond acceptors (Lipinski definition) is 4. The molecule has 2 heterocycles. The Morgan fingerprint density at radius 3 is 2.94 bits per heavy atom. The highest BCUT2D eigenvalue weighted by atomic mass is 32.2. The normalized spacial score (nSPS) is 25.8. The minimum absolute atomic E-state index is 0.157. The van der Waals surface area contributed by atoms with E-state index in [4.69, 9.17) is 0 Å². The Balaban J connectivity index is 2.15. The summed E-state index contributed by atoms with van der Waals surface area (Å²) in [5.74, 6) is 1.20. The van der Waals surface area contributed by atoms with Crippen LogP contribution >= 0.6 is 35.7 Å². The van der Waals surface area contributed by atoms with E-state index in [1.165, 1.54) is 11.3 Å². The van der Waals surface area contributed by atoms with Crippen LogP contribution in [0.4, 0.5) is 0 Å². The molecule has 0 aromatic carbocycles. The van der Waals surface area contributed by atoms with Gasteiger partial charge in [-0.1, -0.05) is 6.92 Å². The molecule has 0 bridgehead atoms. The van der Waals surface area contributed by atoms with Crippen LogP contribution < -0.4 is 0 Å². The number of nitrogens with zero attached hydrogens (tertiary/aromatic N) is 1. The van der Waals surface area contributed by atoms with Crippen LogP contribution in [0, 0.1) is 0 Å². The summed E-state index contributed by atoms with van der Waals surface area (Å²) in [4.78, 5) is 15.9. The molecule has 1 amide bonds. The van der Waals surface area contributed by atoms with E-state index in [-0.39, 0.29) is 5.91 Å². The van der Waals surface area contributed by atoms with E-state index in [2.05, 4.69) is 26.5 Å². The second kappa shape index (κ2) is 5.02.